The lowest BCUT2D eigenvalue weighted by Crippen LogP contribution is -2.04. The lowest BCUT2D eigenvalue weighted by atomic mass is 9.91. The van der Waals surface area contributed by atoms with Crippen LogP contribution in [0.5, 0.6) is 17.2 Å². The highest BCUT2D eigenvalue weighted by Crippen LogP contribution is 2.39. The van der Waals surface area contributed by atoms with Crippen LogP contribution in [0.2, 0.25) is 0 Å². The molecule has 5 nitrogen and oxygen atoms in total. The fourth-order valence-corrected chi connectivity index (χ4v) is 5.11. The number of phenols is 2. The zero-order chi connectivity index (χ0) is 27.3. The van der Waals surface area contributed by atoms with E-state index in [4.69, 9.17) is 9.15 Å². The Bertz CT molecular complexity index is 1890. The van der Waals surface area contributed by atoms with E-state index in [0.717, 1.165) is 50.1 Å². The summed E-state index contributed by atoms with van der Waals surface area (Å²) in [5.41, 5.74) is 7.31. The first kappa shape index (κ1) is 24.3. The SMILES string of the molecule is C=C1C=C(c2ccc(Cc3c(C)ccc4c(-c5ccc(C)c(O)c5)cc(=O)oc34)c(O)c2)c2ccccc2O1. The van der Waals surface area contributed by atoms with E-state index in [1.807, 2.05) is 80.6 Å². The van der Waals surface area contributed by atoms with E-state index in [1.54, 1.807) is 12.1 Å². The van der Waals surface area contributed by atoms with E-state index in [0.29, 0.717) is 28.9 Å². The molecule has 5 aromatic rings. The Balaban J connectivity index is 1.43. The second kappa shape index (κ2) is 9.37. The number of allylic oxidation sites excluding steroid dienone is 1. The van der Waals surface area contributed by atoms with Crippen molar-refractivity contribution >= 4 is 16.5 Å². The highest BCUT2D eigenvalue weighted by atomic mass is 16.5. The first-order valence-corrected chi connectivity index (χ1v) is 12.6. The summed E-state index contributed by atoms with van der Waals surface area (Å²) in [6.45, 7) is 7.74. The van der Waals surface area contributed by atoms with Crippen LogP contribution in [0.15, 0.2) is 106 Å². The van der Waals surface area contributed by atoms with Crippen molar-refractivity contribution in [3.8, 4) is 28.4 Å². The topological polar surface area (TPSA) is 79.9 Å². The normalized spacial score (nSPS) is 12.7. The van der Waals surface area contributed by atoms with Crippen LogP contribution in [0.1, 0.15) is 33.4 Å². The molecule has 4 aromatic carbocycles. The third-order valence-corrected chi connectivity index (χ3v) is 7.26. The number of para-hydroxylation sites is 1. The van der Waals surface area contributed by atoms with Crippen LogP contribution < -0.4 is 10.4 Å². The minimum Gasteiger partial charge on any atom is -0.508 e. The molecular weight excluding hydrogens is 488 g/mol. The lowest BCUT2D eigenvalue weighted by Gasteiger charge is -2.20. The highest BCUT2D eigenvalue weighted by Gasteiger charge is 2.19. The van der Waals surface area contributed by atoms with Crippen molar-refractivity contribution in [3.63, 3.8) is 0 Å². The average Bonchev–Trinajstić information content (AvgIpc) is 2.91. The van der Waals surface area contributed by atoms with E-state index >= 15 is 0 Å². The van der Waals surface area contributed by atoms with Gasteiger partial charge in [0.15, 0.2) is 0 Å². The number of aryl methyl sites for hydroxylation is 2. The molecule has 0 unspecified atom stereocenters. The summed E-state index contributed by atoms with van der Waals surface area (Å²) in [6, 6.07) is 24.0. The van der Waals surface area contributed by atoms with Crippen molar-refractivity contribution in [2.45, 2.75) is 20.3 Å². The molecule has 5 heteroatoms. The molecule has 192 valence electrons. The Kier molecular flexibility index (Phi) is 5.84. The van der Waals surface area contributed by atoms with E-state index in [1.165, 1.54) is 6.07 Å². The first-order valence-electron chi connectivity index (χ1n) is 12.6. The Labute approximate surface area is 225 Å². The molecule has 0 fully saturated rings. The Morgan fingerprint density at radius 2 is 1.54 bits per heavy atom. The molecule has 0 amide bonds. The number of rotatable bonds is 4. The largest absolute Gasteiger partial charge is 0.508 e. The van der Waals surface area contributed by atoms with E-state index in [2.05, 4.69) is 6.58 Å². The summed E-state index contributed by atoms with van der Waals surface area (Å²) in [4.78, 5) is 12.7. The Morgan fingerprint density at radius 3 is 2.33 bits per heavy atom. The smallest absolute Gasteiger partial charge is 0.336 e. The summed E-state index contributed by atoms with van der Waals surface area (Å²) in [5, 5.41) is 22.1. The van der Waals surface area contributed by atoms with Gasteiger partial charge in [0.25, 0.3) is 0 Å². The van der Waals surface area contributed by atoms with Crippen LogP contribution in [0.25, 0.3) is 27.7 Å². The van der Waals surface area contributed by atoms with Crippen molar-refractivity contribution in [3.05, 3.63) is 141 Å². The molecule has 0 atom stereocenters. The fraction of sp³-hybridized carbons (Fsp3) is 0.0882. The molecule has 6 rings (SSSR count). The van der Waals surface area contributed by atoms with Gasteiger partial charge in [-0.3, -0.25) is 0 Å². The molecule has 1 aromatic heterocycles. The van der Waals surface area contributed by atoms with Crippen LogP contribution in [-0.4, -0.2) is 10.2 Å². The number of ether oxygens (including phenoxy) is 1. The second-order valence-corrected chi connectivity index (χ2v) is 9.86. The van der Waals surface area contributed by atoms with Crippen LogP contribution in [0.3, 0.4) is 0 Å². The molecule has 1 aliphatic heterocycles. The van der Waals surface area contributed by atoms with Gasteiger partial charge in [0.05, 0.1) is 0 Å². The Morgan fingerprint density at radius 1 is 0.795 bits per heavy atom. The van der Waals surface area contributed by atoms with Gasteiger partial charge >= 0.3 is 5.63 Å². The van der Waals surface area contributed by atoms with Crippen molar-refractivity contribution in [2.24, 2.45) is 0 Å². The van der Waals surface area contributed by atoms with Crippen LogP contribution in [-0.2, 0) is 6.42 Å². The third kappa shape index (κ3) is 4.38. The quantitative estimate of drug-likeness (QED) is 0.244. The molecule has 0 saturated carbocycles. The number of benzene rings is 4. The molecule has 0 spiro atoms. The van der Waals surface area contributed by atoms with Gasteiger partial charge in [0.1, 0.15) is 28.6 Å². The van der Waals surface area contributed by atoms with Gasteiger partial charge in [-0.2, -0.15) is 0 Å². The molecule has 0 aliphatic carbocycles. The minimum absolute atomic E-state index is 0.140. The molecule has 2 heterocycles. The van der Waals surface area contributed by atoms with Crippen LogP contribution in [0.4, 0.5) is 0 Å². The molecule has 1 aliphatic rings. The van der Waals surface area contributed by atoms with Gasteiger partial charge in [0.2, 0.25) is 0 Å². The predicted octanol–water partition coefficient (Wildman–Crippen LogP) is 7.42. The van der Waals surface area contributed by atoms with Gasteiger partial charge in [-0.1, -0.05) is 61.2 Å². The van der Waals surface area contributed by atoms with Crippen LogP contribution >= 0.6 is 0 Å². The van der Waals surface area contributed by atoms with Gasteiger partial charge in [-0.15, -0.1) is 0 Å². The lowest BCUT2D eigenvalue weighted by molar-refractivity contribution is 0.441. The van der Waals surface area contributed by atoms with Crippen molar-refractivity contribution in [2.75, 3.05) is 0 Å². The summed E-state index contributed by atoms with van der Waals surface area (Å²) >= 11 is 0. The van der Waals surface area contributed by atoms with Gasteiger partial charge < -0.3 is 19.4 Å². The molecular formula is C34H26O5. The highest BCUT2D eigenvalue weighted by molar-refractivity contribution is 5.95. The van der Waals surface area contributed by atoms with Crippen molar-refractivity contribution in [1.82, 2.24) is 0 Å². The van der Waals surface area contributed by atoms with Gasteiger partial charge in [-0.05, 0) is 77.1 Å². The predicted molar refractivity (Wildman–Crippen MR) is 153 cm³/mol. The van der Waals surface area contributed by atoms with Gasteiger partial charge in [-0.25, -0.2) is 4.79 Å². The number of aromatic hydroxyl groups is 2. The maximum atomic E-state index is 12.7. The molecule has 2 N–H and O–H groups in total. The fourth-order valence-electron chi connectivity index (χ4n) is 5.11. The van der Waals surface area contributed by atoms with E-state index in [9.17, 15) is 15.0 Å². The summed E-state index contributed by atoms with van der Waals surface area (Å²) in [7, 11) is 0. The Hall–Kier alpha value is -5.03. The molecule has 0 saturated heterocycles. The van der Waals surface area contributed by atoms with Crippen molar-refractivity contribution in [1.29, 1.82) is 0 Å². The molecule has 0 bridgehead atoms. The number of phenolic OH excluding ortho intramolecular Hbond substituents is 2. The zero-order valence-electron chi connectivity index (χ0n) is 21.6. The second-order valence-electron chi connectivity index (χ2n) is 9.86. The molecule has 39 heavy (non-hydrogen) atoms. The average molecular weight is 515 g/mol. The minimum atomic E-state index is -0.477. The summed E-state index contributed by atoms with van der Waals surface area (Å²) in [6.07, 6.45) is 2.23. The van der Waals surface area contributed by atoms with Crippen LogP contribution in [0, 0.1) is 13.8 Å². The van der Waals surface area contributed by atoms with Crippen molar-refractivity contribution < 1.29 is 19.4 Å². The maximum absolute atomic E-state index is 12.7. The van der Waals surface area contributed by atoms with Gasteiger partial charge in [0, 0.05) is 29.0 Å². The standard InChI is InChI=1S/C34H26O5/c1-19-9-13-26-29(22-10-8-20(2)30(35)16-22)18-33(37)39-34(26)27(19)15-24-12-11-23(17-31(24)36)28-14-21(3)38-32-7-5-4-6-25(28)32/h4-14,16-18,35-36H,3,15H2,1-2H3. The molecule has 0 radical (unpaired) electrons. The summed E-state index contributed by atoms with van der Waals surface area (Å²) < 4.78 is 11.5. The number of fused-ring (bicyclic) bond motifs is 2. The zero-order valence-corrected chi connectivity index (χ0v) is 21.6. The third-order valence-electron chi connectivity index (χ3n) is 7.26. The summed E-state index contributed by atoms with van der Waals surface area (Å²) in [5.74, 6) is 1.56. The monoisotopic (exact) mass is 514 g/mol. The number of hydrogen-bond acceptors (Lipinski definition) is 5. The van der Waals surface area contributed by atoms with E-state index < -0.39 is 5.63 Å². The first-order chi connectivity index (χ1) is 18.8. The number of hydrogen-bond donors (Lipinski definition) is 2. The maximum Gasteiger partial charge on any atom is 0.336 e. The van der Waals surface area contributed by atoms with E-state index in [-0.39, 0.29) is 11.5 Å².